The Morgan fingerprint density at radius 3 is 2.57 bits per heavy atom. The van der Waals surface area contributed by atoms with Gasteiger partial charge in [-0.1, -0.05) is 41.4 Å². The van der Waals surface area contributed by atoms with Gasteiger partial charge in [-0.15, -0.1) is 0 Å². The maximum atomic E-state index is 13.1. The lowest BCUT2D eigenvalue weighted by atomic mass is 9.94. The number of aryl methyl sites for hydroxylation is 1. The van der Waals surface area contributed by atoms with Crippen LogP contribution in [0.2, 0.25) is 5.02 Å². The fourth-order valence-electron chi connectivity index (χ4n) is 4.06. The second kappa shape index (κ2) is 10.2. The van der Waals surface area contributed by atoms with Gasteiger partial charge < -0.3 is 19.7 Å². The molecule has 182 valence electrons. The van der Waals surface area contributed by atoms with Gasteiger partial charge in [0, 0.05) is 10.7 Å². The Kier molecular flexibility index (Phi) is 7.07. The average Bonchev–Trinajstić information content (AvgIpc) is 3.31. The number of amides is 1. The SMILES string of the molecule is CCOC(=O)C1=C(C)N(CC(=O)Nc2cc(Cl)ccc2OC)c2ncnn2[C@@H]1c1ccc(C)cc1. The number of hydrogen-bond acceptors (Lipinski definition) is 7. The highest BCUT2D eigenvalue weighted by molar-refractivity contribution is 6.31. The van der Waals surface area contributed by atoms with Crippen LogP contribution in [0.3, 0.4) is 0 Å². The molecule has 1 aromatic heterocycles. The molecule has 4 rings (SSSR count). The maximum Gasteiger partial charge on any atom is 0.338 e. The Hall–Kier alpha value is -3.85. The van der Waals surface area contributed by atoms with E-state index in [2.05, 4.69) is 15.4 Å². The highest BCUT2D eigenvalue weighted by atomic mass is 35.5. The summed E-state index contributed by atoms with van der Waals surface area (Å²) >= 11 is 6.09. The zero-order valence-corrected chi connectivity index (χ0v) is 20.7. The second-order valence-corrected chi connectivity index (χ2v) is 8.45. The van der Waals surface area contributed by atoms with Crippen LogP contribution in [0.1, 0.15) is 31.0 Å². The predicted octanol–water partition coefficient (Wildman–Crippen LogP) is 4.13. The third-order valence-electron chi connectivity index (χ3n) is 5.73. The van der Waals surface area contributed by atoms with Crippen molar-refractivity contribution in [1.82, 2.24) is 14.8 Å². The summed E-state index contributed by atoms with van der Waals surface area (Å²) in [6, 6.07) is 12.3. The van der Waals surface area contributed by atoms with Crippen LogP contribution in [-0.4, -0.2) is 46.9 Å². The van der Waals surface area contributed by atoms with Crippen LogP contribution in [0, 0.1) is 6.92 Å². The molecule has 3 aromatic rings. The first-order valence-corrected chi connectivity index (χ1v) is 11.5. The van der Waals surface area contributed by atoms with Crippen LogP contribution in [0.25, 0.3) is 0 Å². The van der Waals surface area contributed by atoms with Gasteiger partial charge in [-0.3, -0.25) is 4.79 Å². The first kappa shape index (κ1) is 24.3. The van der Waals surface area contributed by atoms with Crippen LogP contribution < -0.4 is 15.0 Å². The van der Waals surface area contributed by atoms with Gasteiger partial charge in [-0.2, -0.15) is 10.1 Å². The minimum absolute atomic E-state index is 0.121. The quantitative estimate of drug-likeness (QED) is 0.492. The largest absolute Gasteiger partial charge is 0.495 e. The number of halogens is 1. The molecule has 0 saturated carbocycles. The van der Waals surface area contributed by atoms with Crippen molar-refractivity contribution >= 4 is 35.1 Å². The Labute approximate surface area is 208 Å². The summed E-state index contributed by atoms with van der Waals surface area (Å²) in [4.78, 5) is 32.3. The highest BCUT2D eigenvalue weighted by Gasteiger charge is 2.38. The number of hydrogen-bond donors (Lipinski definition) is 1. The average molecular weight is 496 g/mol. The van der Waals surface area contributed by atoms with Gasteiger partial charge in [0.1, 0.15) is 24.7 Å². The molecule has 0 fully saturated rings. The fourth-order valence-corrected chi connectivity index (χ4v) is 4.23. The van der Waals surface area contributed by atoms with Gasteiger partial charge in [-0.25, -0.2) is 9.48 Å². The van der Waals surface area contributed by atoms with Crippen molar-refractivity contribution in [3.63, 3.8) is 0 Å². The number of carbonyl (C=O) groups is 2. The summed E-state index contributed by atoms with van der Waals surface area (Å²) in [6.45, 7) is 5.62. The van der Waals surface area contributed by atoms with E-state index in [9.17, 15) is 9.59 Å². The van der Waals surface area contributed by atoms with Gasteiger partial charge in [0.25, 0.3) is 0 Å². The Bertz CT molecular complexity index is 1290. The lowest BCUT2D eigenvalue weighted by molar-refractivity contribution is -0.139. The maximum absolute atomic E-state index is 13.1. The van der Waals surface area contributed by atoms with E-state index >= 15 is 0 Å². The van der Waals surface area contributed by atoms with E-state index in [0.717, 1.165) is 11.1 Å². The summed E-state index contributed by atoms with van der Waals surface area (Å²) in [5.74, 6) is 0.0907. The number of esters is 1. The van der Waals surface area contributed by atoms with Gasteiger partial charge in [0.2, 0.25) is 11.9 Å². The molecule has 2 aromatic carbocycles. The Balaban J connectivity index is 1.72. The lowest BCUT2D eigenvalue weighted by Crippen LogP contribution is -2.40. The van der Waals surface area contributed by atoms with Crippen LogP contribution in [0.4, 0.5) is 11.6 Å². The molecule has 1 aliphatic heterocycles. The topological polar surface area (TPSA) is 98.6 Å². The van der Waals surface area contributed by atoms with Gasteiger partial charge in [0.15, 0.2) is 0 Å². The standard InChI is InChI=1S/C25H26ClN5O4/c1-5-35-24(33)22-16(3)30(13-21(32)29-19-12-18(26)10-11-20(19)34-4)25-27-14-28-31(25)23(22)17-8-6-15(2)7-9-17/h6-12,14,23H,5,13H2,1-4H3,(H,29,32)/t23-/m1/s1. The van der Waals surface area contributed by atoms with E-state index in [1.165, 1.54) is 13.4 Å². The molecule has 0 unspecified atom stereocenters. The summed E-state index contributed by atoms with van der Waals surface area (Å²) in [7, 11) is 1.51. The summed E-state index contributed by atoms with van der Waals surface area (Å²) in [5, 5.41) is 7.68. The molecule has 1 amide bonds. The van der Waals surface area contributed by atoms with Crippen molar-refractivity contribution in [2.24, 2.45) is 0 Å². The number of nitrogens with zero attached hydrogens (tertiary/aromatic N) is 4. The summed E-state index contributed by atoms with van der Waals surface area (Å²) in [6.07, 6.45) is 1.41. The van der Waals surface area contributed by atoms with Crippen molar-refractivity contribution < 1.29 is 19.1 Å². The Morgan fingerprint density at radius 2 is 1.89 bits per heavy atom. The number of methoxy groups -OCH3 is 1. The summed E-state index contributed by atoms with van der Waals surface area (Å²) < 4.78 is 12.3. The van der Waals surface area contributed by atoms with Crippen molar-refractivity contribution in [1.29, 1.82) is 0 Å². The predicted molar refractivity (Wildman–Crippen MR) is 133 cm³/mol. The van der Waals surface area contributed by atoms with Crippen LogP contribution in [-0.2, 0) is 14.3 Å². The number of ether oxygens (including phenoxy) is 2. The first-order valence-electron chi connectivity index (χ1n) is 11.1. The number of rotatable bonds is 7. The van der Waals surface area contributed by atoms with Crippen LogP contribution >= 0.6 is 11.6 Å². The Morgan fingerprint density at radius 1 is 1.14 bits per heavy atom. The summed E-state index contributed by atoms with van der Waals surface area (Å²) in [5.41, 5.74) is 3.34. The van der Waals surface area contributed by atoms with E-state index in [1.54, 1.807) is 41.6 Å². The van der Waals surface area contributed by atoms with Crippen molar-refractivity contribution in [2.75, 3.05) is 30.5 Å². The molecule has 0 aliphatic carbocycles. The minimum Gasteiger partial charge on any atom is -0.495 e. The number of nitrogens with one attached hydrogen (secondary N) is 1. The molecule has 0 radical (unpaired) electrons. The zero-order chi connectivity index (χ0) is 25.1. The molecule has 1 N–H and O–H groups in total. The molecule has 0 saturated heterocycles. The van der Waals surface area contributed by atoms with Crippen molar-refractivity contribution in [3.8, 4) is 5.75 Å². The lowest BCUT2D eigenvalue weighted by Gasteiger charge is -2.35. The molecular weight excluding hydrogens is 470 g/mol. The monoisotopic (exact) mass is 495 g/mol. The van der Waals surface area contributed by atoms with E-state index < -0.39 is 12.0 Å². The van der Waals surface area contributed by atoms with E-state index in [0.29, 0.717) is 33.7 Å². The number of fused-ring (bicyclic) bond motifs is 1. The number of carbonyl (C=O) groups excluding carboxylic acids is 2. The molecule has 0 spiro atoms. The van der Waals surface area contributed by atoms with Gasteiger partial charge in [-0.05, 0) is 44.5 Å². The molecule has 10 heteroatoms. The van der Waals surface area contributed by atoms with Gasteiger partial charge in [0.05, 0.1) is 25.0 Å². The molecule has 35 heavy (non-hydrogen) atoms. The smallest absolute Gasteiger partial charge is 0.338 e. The van der Waals surface area contributed by atoms with Crippen molar-refractivity contribution in [3.05, 3.63) is 76.2 Å². The molecule has 1 aliphatic rings. The molecule has 2 heterocycles. The van der Waals surface area contributed by atoms with E-state index in [1.807, 2.05) is 31.2 Å². The molecule has 1 atom stereocenters. The number of aromatic nitrogens is 3. The third kappa shape index (κ3) is 4.85. The van der Waals surface area contributed by atoms with Gasteiger partial charge >= 0.3 is 5.97 Å². The first-order chi connectivity index (χ1) is 16.8. The number of benzene rings is 2. The zero-order valence-electron chi connectivity index (χ0n) is 19.9. The normalized spacial score (nSPS) is 15.0. The van der Waals surface area contributed by atoms with Crippen LogP contribution in [0.5, 0.6) is 5.75 Å². The molecular formula is C25H26ClN5O4. The third-order valence-corrected chi connectivity index (χ3v) is 5.97. The minimum atomic E-state index is -0.542. The second-order valence-electron chi connectivity index (χ2n) is 8.02. The highest BCUT2D eigenvalue weighted by Crippen LogP contribution is 2.38. The van der Waals surface area contributed by atoms with Crippen molar-refractivity contribution in [2.45, 2.75) is 26.8 Å². The number of allylic oxidation sites excluding steroid dienone is 1. The van der Waals surface area contributed by atoms with E-state index in [-0.39, 0.29) is 19.1 Å². The van der Waals surface area contributed by atoms with E-state index in [4.69, 9.17) is 21.1 Å². The fraction of sp³-hybridized carbons (Fsp3) is 0.280. The molecule has 9 nitrogen and oxygen atoms in total. The number of anilines is 2. The molecule has 0 bridgehead atoms. The van der Waals surface area contributed by atoms with Crippen LogP contribution in [0.15, 0.2) is 60.1 Å².